The van der Waals surface area contributed by atoms with E-state index in [0.717, 1.165) is 0 Å². The lowest BCUT2D eigenvalue weighted by atomic mass is 10.2. The second-order valence-corrected chi connectivity index (χ2v) is 2.60. The minimum atomic E-state index is 0.117. The quantitative estimate of drug-likeness (QED) is 0.674. The molecule has 0 saturated carbocycles. The highest BCUT2D eigenvalue weighted by Gasteiger charge is 1.96. The molecule has 12 heavy (non-hydrogen) atoms. The summed E-state index contributed by atoms with van der Waals surface area (Å²) in [5.74, 6) is 0.117. The largest absolute Gasteiger partial charge is 0.507 e. The molecule has 0 aliphatic heterocycles. The van der Waals surface area contributed by atoms with E-state index in [1.807, 2.05) is 6.07 Å². The van der Waals surface area contributed by atoms with Crippen LogP contribution in [0.1, 0.15) is 5.56 Å². The van der Waals surface area contributed by atoms with Crippen LogP contribution in [0.3, 0.4) is 0 Å². The number of rotatable bonds is 1. The zero-order chi connectivity index (χ0) is 8.97. The summed E-state index contributed by atoms with van der Waals surface area (Å²) in [7, 11) is 0. The lowest BCUT2D eigenvalue weighted by Crippen LogP contribution is -1.73. The molecule has 1 aromatic rings. The highest BCUT2D eigenvalue weighted by molar-refractivity contribution is 6.30. The van der Waals surface area contributed by atoms with Gasteiger partial charge in [-0.15, -0.1) is 0 Å². The number of nitriles is 1. The van der Waals surface area contributed by atoms with E-state index in [2.05, 4.69) is 0 Å². The van der Waals surface area contributed by atoms with Crippen LogP contribution in [0, 0.1) is 11.3 Å². The molecule has 0 aliphatic carbocycles. The maximum Gasteiger partial charge on any atom is 0.122 e. The molecule has 60 valence electrons. The SMILES string of the molecule is N#CC=Cc1cc(Cl)ccc1O. The van der Waals surface area contributed by atoms with Gasteiger partial charge in [-0.2, -0.15) is 5.26 Å². The summed E-state index contributed by atoms with van der Waals surface area (Å²) in [6.45, 7) is 0. The maximum atomic E-state index is 9.24. The first-order valence-corrected chi connectivity index (χ1v) is 3.66. The van der Waals surface area contributed by atoms with Gasteiger partial charge in [0.1, 0.15) is 5.75 Å². The molecule has 3 heteroatoms. The van der Waals surface area contributed by atoms with Crippen molar-refractivity contribution in [3.63, 3.8) is 0 Å². The van der Waals surface area contributed by atoms with Gasteiger partial charge in [0.2, 0.25) is 0 Å². The van der Waals surface area contributed by atoms with Crippen molar-refractivity contribution in [3.05, 3.63) is 34.9 Å². The number of halogens is 1. The zero-order valence-corrected chi connectivity index (χ0v) is 6.92. The van der Waals surface area contributed by atoms with Crippen LogP contribution >= 0.6 is 11.6 Å². The molecular formula is C9H6ClNO. The van der Waals surface area contributed by atoms with Gasteiger partial charge in [0.25, 0.3) is 0 Å². The Morgan fingerprint density at radius 3 is 2.92 bits per heavy atom. The Balaban J connectivity index is 3.07. The predicted octanol–water partition coefficient (Wildman–Crippen LogP) is 2.58. The van der Waals surface area contributed by atoms with Gasteiger partial charge in [-0.25, -0.2) is 0 Å². The highest BCUT2D eigenvalue weighted by Crippen LogP contribution is 2.22. The van der Waals surface area contributed by atoms with Crippen molar-refractivity contribution < 1.29 is 5.11 Å². The van der Waals surface area contributed by atoms with Gasteiger partial charge >= 0.3 is 0 Å². The first-order valence-electron chi connectivity index (χ1n) is 3.28. The average molecular weight is 180 g/mol. The molecule has 1 N–H and O–H groups in total. The predicted molar refractivity (Wildman–Crippen MR) is 47.8 cm³/mol. The van der Waals surface area contributed by atoms with Crippen LogP contribution in [0.2, 0.25) is 5.02 Å². The summed E-state index contributed by atoms with van der Waals surface area (Å²) in [6.07, 6.45) is 2.78. The number of hydrogen-bond donors (Lipinski definition) is 1. The molecule has 0 amide bonds. The second-order valence-electron chi connectivity index (χ2n) is 2.17. The minimum Gasteiger partial charge on any atom is -0.507 e. The molecule has 0 fully saturated rings. The van der Waals surface area contributed by atoms with Gasteiger partial charge in [0.05, 0.1) is 6.07 Å². The summed E-state index contributed by atoms with van der Waals surface area (Å²) in [6, 6.07) is 6.49. The minimum absolute atomic E-state index is 0.117. The Hall–Kier alpha value is -1.46. The van der Waals surface area contributed by atoms with E-state index in [1.165, 1.54) is 18.2 Å². The van der Waals surface area contributed by atoms with Crippen LogP contribution in [-0.4, -0.2) is 5.11 Å². The molecule has 0 bridgehead atoms. The first-order chi connectivity index (χ1) is 5.74. The molecule has 0 unspecified atom stereocenters. The number of benzene rings is 1. The Labute approximate surface area is 75.3 Å². The second kappa shape index (κ2) is 3.80. The lowest BCUT2D eigenvalue weighted by molar-refractivity contribution is 0.474. The summed E-state index contributed by atoms with van der Waals surface area (Å²) in [4.78, 5) is 0. The van der Waals surface area contributed by atoms with Crippen LogP contribution < -0.4 is 0 Å². The molecule has 0 spiro atoms. The molecule has 0 saturated heterocycles. The van der Waals surface area contributed by atoms with Crippen LogP contribution in [-0.2, 0) is 0 Å². The number of hydrogen-bond acceptors (Lipinski definition) is 2. The van der Waals surface area contributed by atoms with E-state index in [-0.39, 0.29) is 5.75 Å². The number of phenolic OH excluding ortho intramolecular Hbond substituents is 1. The van der Waals surface area contributed by atoms with Crippen molar-refractivity contribution in [2.45, 2.75) is 0 Å². The van der Waals surface area contributed by atoms with Crippen molar-refractivity contribution in [1.82, 2.24) is 0 Å². The van der Waals surface area contributed by atoms with E-state index in [0.29, 0.717) is 10.6 Å². The number of allylic oxidation sites excluding steroid dienone is 1. The molecule has 0 atom stereocenters. The molecule has 2 nitrogen and oxygen atoms in total. The topological polar surface area (TPSA) is 44.0 Å². The fourth-order valence-corrected chi connectivity index (χ4v) is 0.966. The fourth-order valence-electron chi connectivity index (χ4n) is 0.786. The van der Waals surface area contributed by atoms with Crippen molar-refractivity contribution in [2.75, 3.05) is 0 Å². The van der Waals surface area contributed by atoms with Crippen molar-refractivity contribution >= 4 is 17.7 Å². The zero-order valence-electron chi connectivity index (χ0n) is 6.16. The van der Waals surface area contributed by atoms with Gasteiger partial charge in [-0.05, 0) is 24.3 Å². The molecule has 0 aliphatic rings. The van der Waals surface area contributed by atoms with Gasteiger partial charge < -0.3 is 5.11 Å². The highest BCUT2D eigenvalue weighted by atomic mass is 35.5. The third kappa shape index (κ3) is 2.01. The van der Waals surface area contributed by atoms with E-state index in [4.69, 9.17) is 16.9 Å². The van der Waals surface area contributed by atoms with Gasteiger partial charge in [0, 0.05) is 16.7 Å². The number of phenols is 1. The molecule has 0 heterocycles. The van der Waals surface area contributed by atoms with Gasteiger partial charge in [-0.1, -0.05) is 11.6 Å². The fraction of sp³-hybridized carbons (Fsp3) is 0. The van der Waals surface area contributed by atoms with E-state index >= 15 is 0 Å². The van der Waals surface area contributed by atoms with E-state index in [9.17, 15) is 5.11 Å². The Morgan fingerprint density at radius 1 is 1.50 bits per heavy atom. The van der Waals surface area contributed by atoms with E-state index in [1.54, 1.807) is 12.1 Å². The molecular weight excluding hydrogens is 174 g/mol. The molecule has 0 radical (unpaired) electrons. The Bertz CT molecular complexity index is 352. The number of nitrogens with zero attached hydrogens (tertiary/aromatic N) is 1. The van der Waals surface area contributed by atoms with Crippen LogP contribution in [0.15, 0.2) is 24.3 Å². The summed E-state index contributed by atoms with van der Waals surface area (Å²) in [5.41, 5.74) is 0.545. The maximum absolute atomic E-state index is 9.24. The Morgan fingerprint density at radius 2 is 2.25 bits per heavy atom. The first kappa shape index (κ1) is 8.63. The normalized spacial score (nSPS) is 10.0. The summed E-state index contributed by atoms with van der Waals surface area (Å²) < 4.78 is 0. The average Bonchev–Trinajstić information content (AvgIpc) is 2.07. The summed E-state index contributed by atoms with van der Waals surface area (Å²) >= 11 is 5.67. The third-order valence-electron chi connectivity index (χ3n) is 1.33. The van der Waals surface area contributed by atoms with Gasteiger partial charge in [0.15, 0.2) is 0 Å². The van der Waals surface area contributed by atoms with Crippen molar-refractivity contribution in [2.24, 2.45) is 0 Å². The molecule has 0 aromatic heterocycles. The third-order valence-corrected chi connectivity index (χ3v) is 1.56. The van der Waals surface area contributed by atoms with E-state index < -0.39 is 0 Å². The lowest BCUT2D eigenvalue weighted by Gasteiger charge is -1.97. The van der Waals surface area contributed by atoms with Crippen molar-refractivity contribution in [3.8, 4) is 11.8 Å². The van der Waals surface area contributed by atoms with Gasteiger partial charge in [-0.3, -0.25) is 0 Å². The van der Waals surface area contributed by atoms with Crippen LogP contribution in [0.25, 0.3) is 6.08 Å². The summed E-state index contributed by atoms with van der Waals surface area (Å²) in [5, 5.41) is 18.0. The van der Waals surface area contributed by atoms with Crippen molar-refractivity contribution in [1.29, 1.82) is 5.26 Å². The molecule has 1 aromatic carbocycles. The Kier molecular flexibility index (Phi) is 2.73. The number of aromatic hydroxyl groups is 1. The van der Waals surface area contributed by atoms with Crippen LogP contribution in [0.4, 0.5) is 0 Å². The standard InChI is InChI=1S/C9H6ClNO/c10-8-3-4-9(12)7(6-8)2-1-5-11/h1-4,6,12H. The smallest absolute Gasteiger partial charge is 0.122 e. The monoisotopic (exact) mass is 179 g/mol. The molecule has 1 rings (SSSR count). The van der Waals surface area contributed by atoms with Crippen LogP contribution in [0.5, 0.6) is 5.75 Å².